The number of halogens is 1. The SMILES string of the molecule is COc1cc(Br)cc(NC(=O)c2cc(C)nc(N)c2)c1. The van der Waals surface area contributed by atoms with E-state index in [9.17, 15) is 4.79 Å². The molecule has 20 heavy (non-hydrogen) atoms. The quantitative estimate of drug-likeness (QED) is 0.903. The molecule has 0 unspecified atom stereocenters. The van der Waals surface area contributed by atoms with E-state index in [-0.39, 0.29) is 5.91 Å². The van der Waals surface area contributed by atoms with Gasteiger partial charge in [-0.2, -0.15) is 0 Å². The molecule has 1 aromatic carbocycles. The summed E-state index contributed by atoms with van der Waals surface area (Å²) in [5.41, 5.74) is 7.44. The number of anilines is 2. The Bertz CT molecular complexity index is 639. The zero-order chi connectivity index (χ0) is 14.7. The van der Waals surface area contributed by atoms with Crippen molar-refractivity contribution in [3.05, 3.63) is 46.1 Å². The molecule has 2 rings (SSSR count). The van der Waals surface area contributed by atoms with Crippen molar-refractivity contribution in [3.8, 4) is 5.75 Å². The third kappa shape index (κ3) is 3.48. The molecule has 0 atom stereocenters. The monoisotopic (exact) mass is 335 g/mol. The summed E-state index contributed by atoms with van der Waals surface area (Å²) in [7, 11) is 1.57. The van der Waals surface area contributed by atoms with E-state index in [0.717, 1.165) is 4.47 Å². The fraction of sp³-hybridized carbons (Fsp3) is 0.143. The van der Waals surface area contributed by atoms with Gasteiger partial charge in [0.25, 0.3) is 5.91 Å². The highest BCUT2D eigenvalue weighted by molar-refractivity contribution is 9.10. The second kappa shape index (κ2) is 5.92. The molecule has 1 amide bonds. The predicted molar refractivity (Wildman–Crippen MR) is 82.0 cm³/mol. The topological polar surface area (TPSA) is 77.2 Å². The Labute approximate surface area is 125 Å². The van der Waals surface area contributed by atoms with Crippen LogP contribution >= 0.6 is 15.9 Å². The molecule has 0 saturated heterocycles. The van der Waals surface area contributed by atoms with E-state index < -0.39 is 0 Å². The molecule has 1 heterocycles. The van der Waals surface area contributed by atoms with E-state index in [1.807, 2.05) is 6.07 Å². The molecule has 0 spiro atoms. The van der Waals surface area contributed by atoms with E-state index >= 15 is 0 Å². The van der Waals surface area contributed by atoms with E-state index in [0.29, 0.717) is 28.5 Å². The minimum Gasteiger partial charge on any atom is -0.497 e. The van der Waals surface area contributed by atoms with Gasteiger partial charge in [-0.25, -0.2) is 4.98 Å². The molecule has 5 nitrogen and oxygen atoms in total. The second-order valence-electron chi connectivity index (χ2n) is 4.26. The number of nitrogens with zero attached hydrogens (tertiary/aromatic N) is 1. The minimum absolute atomic E-state index is 0.248. The molecule has 0 saturated carbocycles. The number of methoxy groups -OCH3 is 1. The van der Waals surface area contributed by atoms with Gasteiger partial charge in [0, 0.05) is 27.5 Å². The summed E-state index contributed by atoms with van der Waals surface area (Å²) in [5.74, 6) is 0.726. The maximum absolute atomic E-state index is 12.2. The van der Waals surface area contributed by atoms with Crippen molar-refractivity contribution in [1.29, 1.82) is 0 Å². The number of nitrogens with two attached hydrogens (primary N) is 1. The average molecular weight is 336 g/mol. The van der Waals surface area contributed by atoms with Gasteiger partial charge < -0.3 is 15.8 Å². The number of rotatable bonds is 3. The number of ether oxygens (including phenoxy) is 1. The van der Waals surface area contributed by atoms with E-state index in [1.165, 1.54) is 6.07 Å². The number of amides is 1. The molecule has 0 aliphatic heterocycles. The first-order chi connectivity index (χ1) is 9.47. The zero-order valence-corrected chi connectivity index (χ0v) is 12.7. The zero-order valence-electron chi connectivity index (χ0n) is 11.1. The van der Waals surface area contributed by atoms with Crippen molar-refractivity contribution in [3.63, 3.8) is 0 Å². The number of aryl methyl sites for hydroxylation is 1. The Morgan fingerprint density at radius 2 is 2.05 bits per heavy atom. The van der Waals surface area contributed by atoms with Crippen LogP contribution in [0.3, 0.4) is 0 Å². The Kier molecular flexibility index (Phi) is 4.24. The molecule has 0 aliphatic rings. The van der Waals surface area contributed by atoms with Crippen LogP contribution < -0.4 is 15.8 Å². The van der Waals surface area contributed by atoms with Gasteiger partial charge in [0.1, 0.15) is 11.6 Å². The van der Waals surface area contributed by atoms with Crippen LogP contribution in [-0.4, -0.2) is 18.0 Å². The van der Waals surface area contributed by atoms with Gasteiger partial charge in [0.15, 0.2) is 0 Å². The van der Waals surface area contributed by atoms with Crippen molar-refractivity contribution in [2.45, 2.75) is 6.92 Å². The molecule has 3 N–H and O–H groups in total. The van der Waals surface area contributed by atoms with E-state index in [1.54, 1.807) is 32.2 Å². The first kappa shape index (κ1) is 14.3. The molecule has 1 aromatic heterocycles. The molecule has 0 bridgehead atoms. The highest BCUT2D eigenvalue weighted by Crippen LogP contribution is 2.25. The number of benzene rings is 1. The van der Waals surface area contributed by atoms with Crippen molar-refractivity contribution in [1.82, 2.24) is 4.98 Å². The summed E-state index contributed by atoms with van der Waals surface area (Å²) >= 11 is 3.36. The van der Waals surface area contributed by atoms with Gasteiger partial charge in [0.05, 0.1) is 7.11 Å². The Balaban J connectivity index is 2.25. The van der Waals surface area contributed by atoms with Crippen molar-refractivity contribution < 1.29 is 9.53 Å². The lowest BCUT2D eigenvalue weighted by Crippen LogP contribution is -2.13. The summed E-state index contributed by atoms with van der Waals surface area (Å²) in [6, 6.07) is 8.56. The van der Waals surface area contributed by atoms with Crippen LogP contribution in [0.2, 0.25) is 0 Å². The minimum atomic E-state index is -0.248. The number of carbonyl (C=O) groups excluding carboxylic acids is 1. The molecular weight excluding hydrogens is 322 g/mol. The first-order valence-corrected chi connectivity index (χ1v) is 6.67. The number of hydrogen-bond donors (Lipinski definition) is 2. The summed E-state index contributed by atoms with van der Waals surface area (Å²) in [6.07, 6.45) is 0. The van der Waals surface area contributed by atoms with Crippen LogP contribution in [0.25, 0.3) is 0 Å². The number of nitrogen functional groups attached to an aromatic ring is 1. The highest BCUT2D eigenvalue weighted by atomic mass is 79.9. The number of aromatic nitrogens is 1. The number of carbonyl (C=O) groups is 1. The maximum Gasteiger partial charge on any atom is 0.255 e. The largest absolute Gasteiger partial charge is 0.497 e. The molecule has 0 fully saturated rings. The lowest BCUT2D eigenvalue weighted by molar-refractivity contribution is 0.102. The number of pyridine rings is 1. The van der Waals surface area contributed by atoms with Gasteiger partial charge >= 0.3 is 0 Å². The maximum atomic E-state index is 12.2. The summed E-state index contributed by atoms with van der Waals surface area (Å²) in [6.45, 7) is 1.79. The van der Waals surface area contributed by atoms with Gasteiger partial charge in [-0.1, -0.05) is 15.9 Å². The van der Waals surface area contributed by atoms with Crippen molar-refractivity contribution >= 4 is 33.3 Å². The predicted octanol–water partition coefficient (Wildman–Crippen LogP) is 3.00. The lowest BCUT2D eigenvalue weighted by Gasteiger charge is -2.09. The average Bonchev–Trinajstić information content (AvgIpc) is 2.36. The van der Waals surface area contributed by atoms with E-state index in [2.05, 4.69) is 26.2 Å². The van der Waals surface area contributed by atoms with Gasteiger partial charge in [-0.15, -0.1) is 0 Å². The third-order valence-corrected chi connectivity index (χ3v) is 3.06. The molecular formula is C14H14BrN3O2. The molecule has 6 heteroatoms. The lowest BCUT2D eigenvalue weighted by atomic mass is 10.2. The Morgan fingerprint density at radius 1 is 1.30 bits per heavy atom. The molecule has 0 radical (unpaired) electrons. The van der Waals surface area contributed by atoms with Gasteiger partial charge in [-0.05, 0) is 31.2 Å². The van der Waals surface area contributed by atoms with Gasteiger partial charge in [-0.3, -0.25) is 4.79 Å². The Hall–Kier alpha value is -2.08. The second-order valence-corrected chi connectivity index (χ2v) is 5.17. The van der Waals surface area contributed by atoms with Crippen LogP contribution in [0.4, 0.5) is 11.5 Å². The number of hydrogen-bond acceptors (Lipinski definition) is 4. The summed E-state index contributed by atoms with van der Waals surface area (Å²) < 4.78 is 5.97. The van der Waals surface area contributed by atoms with Crippen LogP contribution in [0.15, 0.2) is 34.8 Å². The fourth-order valence-corrected chi connectivity index (χ4v) is 2.25. The fourth-order valence-electron chi connectivity index (χ4n) is 1.78. The molecule has 104 valence electrons. The summed E-state index contributed by atoms with van der Waals surface area (Å²) in [4.78, 5) is 16.2. The Morgan fingerprint density at radius 3 is 2.70 bits per heavy atom. The van der Waals surface area contributed by atoms with Crippen LogP contribution in [0.5, 0.6) is 5.75 Å². The van der Waals surface area contributed by atoms with Crippen molar-refractivity contribution in [2.24, 2.45) is 0 Å². The van der Waals surface area contributed by atoms with Crippen LogP contribution in [0.1, 0.15) is 16.1 Å². The molecule has 0 aliphatic carbocycles. The van der Waals surface area contributed by atoms with Gasteiger partial charge in [0.2, 0.25) is 0 Å². The first-order valence-electron chi connectivity index (χ1n) is 5.88. The van der Waals surface area contributed by atoms with Crippen LogP contribution in [0, 0.1) is 6.92 Å². The van der Waals surface area contributed by atoms with E-state index in [4.69, 9.17) is 10.5 Å². The molecule has 2 aromatic rings. The summed E-state index contributed by atoms with van der Waals surface area (Å²) in [5, 5.41) is 2.80. The number of nitrogens with one attached hydrogen (secondary N) is 1. The standard InChI is InChI=1S/C14H14BrN3O2/c1-8-3-9(4-13(16)17-8)14(19)18-11-5-10(15)6-12(7-11)20-2/h3-7H,1-2H3,(H2,16,17)(H,18,19). The van der Waals surface area contributed by atoms with Crippen LogP contribution in [-0.2, 0) is 0 Å². The normalized spacial score (nSPS) is 10.2. The van der Waals surface area contributed by atoms with Crippen molar-refractivity contribution in [2.75, 3.05) is 18.2 Å². The third-order valence-electron chi connectivity index (χ3n) is 2.60. The highest BCUT2D eigenvalue weighted by Gasteiger charge is 2.09. The smallest absolute Gasteiger partial charge is 0.255 e.